The third-order valence-electron chi connectivity index (χ3n) is 4.21. The number of amides is 1. The standard InChI is InChI=1S/C17H25ClN2O/c1-5-8-19-16(21)11(2)20-15-14-9-13(18)7-6-12(14)10-17(15,3)4/h6-7,9,11,15,20H,5,8,10H2,1-4H3,(H,19,21). The molecule has 1 aromatic rings. The summed E-state index contributed by atoms with van der Waals surface area (Å²) in [7, 11) is 0. The van der Waals surface area contributed by atoms with E-state index in [4.69, 9.17) is 11.6 Å². The molecule has 0 aliphatic heterocycles. The molecule has 0 saturated carbocycles. The maximum atomic E-state index is 12.1. The largest absolute Gasteiger partial charge is 0.355 e. The summed E-state index contributed by atoms with van der Waals surface area (Å²) in [4.78, 5) is 12.1. The second kappa shape index (κ2) is 6.37. The van der Waals surface area contributed by atoms with Crippen molar-refractivity contribution in [2.45, 2.75) is 52.6 Å². The van der Waals surface area contributed by atoms with E-state index in [-0.39, 0.29) is 23.4 Å². The Labute approximate surface area is 132 Å². The van der Waals surface area contributed by atoms with E-state index in [0.29, 0.717) is 0 Å². The molecule has 0 saturated heterocycles. The van der Waals surface area contributed by atoms with Crippen LogP contribution in [-0.4, -0.2) is 18.5 Å². The van der Waals surface area contributed by atoms with Crippen molar-refractivity contribution in [1.29, 1.82) is 0 Å². The van der Waals surface area contributed by atoms with Crippen LogP contribution >= 0.6 is 11.6 Å². The SMILES string of the molecule is CCCNC(=O)C(C)NC1c2cc(Cl)ccc2CC1(C)C. The lowest BCUT2D eigenvalue weighted by Gasteiger charge is -2.31. The second-order valence-corrected chi connectivity index (χ2v) is 7.06. The molecule has 0 aromatic heterocycles. The molecule has 1 aliphatic carbocycles. The van der Waals surface area contributed by atoms with E-state index in [0.717, 1.165) is 24.4 Å². The van der Waals surface area contributed by atoms with Crippen LogP contribution in [-0.2, 0) is 11.2 Å². The lowest BCUT2D eigenvalue weighted by atomic mass is 9.85. The highest BCUT2D eigenvalue weighted by Crippen LogP contribution is 2.46. The molecule has 2 rings (SSSR count). The highest BCUT2D eigenvalue weighted by molar-refractivity contribution is 6.30. The van der Waals surface area contributed by atoms with Crippen LogP contribution in [0.4, 0.5) is 0 Å². The van der Waals surface area contributed by atoms with Crippen LogP contribution in [0.25, 0.3) is 0 Å². The number of fused-ring (bicyclic) bond motifs is 1. The summed E-state index contributed by atoms with van der Waals surface area (Å²) in [5.74, 6) is 0.0585. The van der Waals surface area contributed by atoms with E-state index in [2.05, 4.69) is 37.5 Å². The average molecular weight is 309 g/mol. The van der Waals surface area contributed by atoms with Crippen molar-refractivity contribution in [3.05, 3.63) is 34.3 Å². The monoisotopic (exact) mass is 308 g/mol. The molecule has 1 aromatic carbocycles. The van der Waals surface area contributed by atoms with Crippen LogP contribution in [0.2, 0.25) is 5.02 Å². The van der Waals surface area contributed by atoms with Crippen molar-refractivity contribution in [3.8, 4) is 0 Å². The molecule has 0 heterocycles. The lowest BCUT2D eigenvalue weighted by Crippen LogP contribution is -2.46. The van der Waals surface area contributed by atoms with E-state index in [9.17, 15) is 4.79 Å². The average Bonchev–Trinajstić information content (AvgIpc) is 2.67. The Kier molecular flexibility index (Phi) is 4.95. The molecule has 1 aliphatic rings. The number of halogens is 1. The van der Waals surface area contributed by atoms with Crippen molar-refractivity contribution in [3.63, 3.8) is 0 Å². The molecule has 0 fully saturated rings. The second-order valence-electron chi connectivity index (χ2n) is 6.62. The normalized spacial score (nSPS) is 20.9. The van der Waals surface area contributed by atoms with Gasteiger partial charge in [0.1, 0.15) is 0 Å². The van der Waals surface area contributed by atoms with Gasteiger partial charge in [0.15, 0.2) is 0 Å². The topological polar surface area (TPSA) is 41.1 Å². The molecule has 0 bridgehead atoms. The number of benzene rings is 1. The molecular weight excluding hydrogens is 284 g/mol. The quantitative estimate of drug-likeness (QED) is 0.874. The molecule has 0 radical (unpaired) electrons. The Morgan fingerprint density at radius 2 is 2.19 bits per heavy atom. The zero-order valence-electron chi connectivity index (χ0n) is 13.3. The zero-order valence-corrected chi connectivity index (χ0v) is 14.1. The van der Waals surface area contributed by atoms with E-state index < -0.39 is 0 Å². The molecule has 2 unspecified atom stereocenters. The Balaban J connectivity index is 2.15. The number of carbonyl (C=O) groups excluding carboxylic acids is 1. The molecular formula is C17H25ClN2O. The summed E-state index contributed by atoms with van der Waals surface area (Å²) in [6.45, 7) is 9.16. The molecule has 0 spiro atoms. The van der Waals surface area contributed by atoms with Gasteiger partial charge in [-0.2, -0.15) is 0 Å². The molecule has 21 heavy (non-hydrogen) atoms. The number of nitrogens with one attached hydrogen (secondary N) is 2. The molecule has 116 valence electrons. The molecule has 2 atom stereocenters. The summed E-state index contributed by atoms with van der Waals surface area (Å²) in [5, 5.41) is 7.18. The Morgan fingerprint density at radius 3 is 2.86 bits per heavy atom. The Bertz CT molecular complexity index is 528. The van der Waals surface area contributed by atoms with Gasteiger partial charge in [0.2, 0.25) is 5.91 Å². The fourth-order valence-electron chi connectivity index (χ4n) is 3.05. The van der Waals surface area contributed by atoms with Gasteiger partial charge < -0.3 is 5.32 Å². The van der Waals surface area contributed by atoms with Crippen molar-refractivity contribution in [2.75, 3.05) is 6.54 Å². The first-order valence-corrected chi connectivity index (χ1v) is 8.05. The van der Waals surface area contributed by atoms with Crippen molar-refractivity contribution in [2.24, 2.45) is 5.41 Å². The Hall–Kier alpha value is -1.06. The number of rotatable bonds is 5. The molecule has 1 amide bonds. The minimum atomic E-state index is -0.217. The van der Waals surface area contributed by atoms with Gasteiger partial charge in [-0.3, -0.25) is 10.1 Å². The third-order valence-corrected chi connectivity index (χ3v) is 4.44. The van der Waals surface area contributed by atoms with Crippen LogP contribution in [0.3, 0.4) is 0 Å². The van der Waals surface area contributed by atoms with E-state index >= 15 is 0 Å². The minimum Gasteiger partial charge on any atom is -0.355 e. The first-order chi connectivity index (χ1) is 9.85. The van der Waals surface area contributed by atoms with Gasteiger partial charge in [0, 0.05) is 17.6 Å². The molecule has 3 nitrogen and oxygen atoms in total. The number of hydrogen-bond acceptors (Lipinski definition) is 2. The fourth-order valence-corrected chi connectivity index (χ4v) is 3.23. The van der Waals surface area contributed by atoms with Gasteiger partial charge in [0.05, 0.1) is 6.04 Å². The van der Waals surface area contributed by atoms with Gasteiger partial charge in [-0.1, -0.05) is 38.4 Å². The first kappa shape index (κ1) is 16.3. The van der Waals surface area contributed by atoms with Crippen LogP contribution in [0.15, 0.2) is 18.2 Å². The van der Waals surface area contributed by atoms with Gasteiger partial charge in [0.25, 0.3) is 0 Å². The lowest BCUT2D eigenvalue weighted by molar-refractivity contribution is -0.123. The van der Waals surface area contributed by atoms with Gasteiger partial charge in [-0.25, -0.2) is 0 Å². The van der Waals surface area contributed by atoms with Crippen LogP contribution in [0.1, 0.15) is 51.3 Å². The maximum Gasteiger partial charge on any atom is 0.236 e. The van der Waals surface area contributed by atoms with Gasteiger partial charge >= 0.3 is 0 Å². The van der Waals surface area contributed by atoms with Crippen molar-refractivity contribution in [1.82, 2.24) is 10.6 Å². The van der Waals surface area contributed by atoms with E-state index in [1.165, 1.54) is 11.1 Å². The minimum absolute atomic E-state index is 0.0585. The van der Waals surface area contributed by atoms with E-state index in [1.807, 2.05) is 19.1 Å². The first-order valence-electron chi connectivity index (χ1n) is 7.67. The number of carbonyl (C=O) groups is 1. The summed E-state index contributed by atoms with van der Waals surface area (Å²) in [6.07, 6.45) is 1.95. The number of hydrogen-bond donors (Lipinski definition) is 2. The van der Waals surface area contributed by atoms with Gasteiger partial charge in [-0.15, -0.1) is 0 Å². The van der Waals surface area contributed by atoms with Crippen LogP contribution in [0.5, 0.6) is 0 Å². The molecule has 2 N–H and O–H groups in total. The van der Waals surface area contributed by atoms with Crippen molar-refractivity contribution < 1.29 is 4.79 Å². The third kappa shape index (κ3) is 3.58. The molecule has 4 heteroatoms. The highest BCUT2D eigenvalue weighted by Gasteiger charge is 2.40. The van der Waals surface area contributed by atoms with E-state index in [1.54, 1.807) is 0 Å². The highest BCUT2D eigenvalue weighted by atomic mass is 35.5. The van der Waals surface area contributed by atoms with Gasteiger partial charge in [-0.05, 0) is 48.4 Å². The predicted octanol–water partition coefficient (Wildman–Crippen LogP) is 3.47. The Morgan fingerprint density at radius 1 is 1.48 bits per heavy atom. The summed E-state index contributed by atoms with van der Waals surface area (Å²) < 4.78 is 0. The summed E-state index contributed by atoms with van der Waals surface area (Å²) in [6, 6.07) is 6.00. The fraction of sp³-hybridized carbons (Fsp3) is 0.588. The van der Waals surface area contributed by atoms with Crippen LogP contribution < -0.4 is 10.6 Å². The van der Waals surface area contributed by atoms with Crippen LogP contribution in [0, 0.1) is 5.41 Å². The zero-order chi connectivity index (χ0) is 15.6. The van der Waals surface area contributed by atoms with Crippen molar-refractivity contribution >= 4 is 17.5 Å². The maximum absolute atomic E-state index is 12.1. The summed E-state index contributed by atoms with van der Waals surface area (Å²) in [5.41, 5.74) is 2.62. The predicted molar refractivity (Wildman–Crippen MR) is 87.6 cm³/mol. The smallest absolute Gasteiger partial charge is 0.236 e. The summed E-state index contributed by atoms with van der Waals surface area (Å²) >= 11 is 6.14.